The highest BCUT2D eigenvalue weighted by molar-refractivity contribution is 5.58. The van der Waals surface area contributed by atoms with Gasteiger partial charge in [0.25, 0.3) is 0 Å². The molecule has 1 aromatic heterocycles. The van der Waals surface area contributed by atoms with Gasteiger partial charge in [0.05, 0.1) is 13.2 Å². The van der Waals surface area contributed by atoms with Gasteiger partial charge in [-0.1, -0.05) is 26.0 Å². The molecule has 0 atom stereocenters. The summed E-state index contributed by atoms with van der Waals surface area (Å²) in [4.78, 5) is 11.4. The predicted molar refractivity (Wildman–Crippen MR) is 93.6 cm³/mol. The van der Waals surface area contributed by atoms with Crippen LogP contribution in [0.5, 0.6) is 0 Å². The summed E-state index contributed by atoms with van der Waals surface area (Å²) in [6.07, 6.45) is 0. The summed E-state index contributed by atoms with van der Waals surface area (Å²) >= 11 is 0. The molecule has 2 heterocycles. The van der Waals surface area contributed by atoms with Gasteiger partial charge in [-0.2, -0.15) is 4.98 Å². The minimum atomic E-state index is 0.540. The van der Waals surface area contributed by atoms with Crippen molar-refractivity contribution in [2.45, 2.75) is 26.7 Å². The smallest absolute Gasteiger partial charge is 0.227 e. The molecule has 1 saturated heterocycles. The summed E-state index contributed by atoms with van der Waals surface area (Å²) < 4.78 is 5.39. The Morgan fingerprint density at radius 3 is 2.43 bits per heavy atom. The topological polar surface area (TPSA) is 50.3 Å². The molecule has 0 bridgehead atoms. The Bertz CT molecular complexity index is 649. The Kier molecular flexibility index (Phi) is 4.76. The third-order valence-electron chi connectivity index (χ3n) is 3.99. The lowest BCUT2D eigenvalue weighted by atomic mass is 10.0. The van der Waals surface area contributed by atoms with E-state index >= 15 is 0 Å². The Hall–Kier alpha value is -2.14. The molecule has 5 heteroatoms. The zero-order valence-electron chi connectivity index (χ0n) is 14.0. The maximum Gasteiger partial charge on any atom is 0.227 e. The van der Waals surface area contributed by atoms with Gasteiger partial charge in [-0.25, -0.2) is 4.98 Å². The van der Waals surface area contributed by atoms with Crippen LogP contribution in [0.15, 0.2) is 30.3 Å². The van der Waals surface area contributed by atoms with E-state index in [1.54, 1.807) is 0 Å². The van der Waals surface area contributed by atoms with E-state index in [0.29, 0.717) is 5.92 Å². The molecule has 122 valence electrons. The summed E-state index contributed by atoms with van der Waals surface area (Å²) in [5.41, 5.74) is 3.34. The van der Waals surface area contributed by atoms with Crippen LogP contribution in [0.1, 0.15) is 31.0 Å². The molecular formula is C18H24N4O. The lowest BCUT2D eigenvalue weighted by Crippen LogP contribution is -2.37. The van der Waals surface area contributed by atoms with Crippen LogP contribution in [0.4, 0.5) is 17.5 Å². The van der Waals surface area contributed by atoms with E-state index in [1.807, 2.05) is 13.0 Å². The molecule has 5 nitrogen and oxygen atoms in total. The van der Waals surface area contributed by atoms with Crippen LogP contribution in [0.25, 0.3) is 0 Å². The molecule has 0 spiro atoms. The summed E-state index contributed by atoms with van der Waals surface area (Å²) in [6.45, 7) is 9.54. The van der Waals surface area contributed by atoms with Crippen molar-refractivity contribution in [2.75, 3.05) is 36.5 Å². The maximum absolute atomic E-state index is 5.39. The van der Waals surface area contributed by atoms with Crippen LogP contribution in [-0.4, -0.2) is 36.3 Å². The first-order chi connectivity index (χ1) is 11.1. The van der Waals surface area contributed by atoms with Gasteiger partial charge >= 0.3 is 0 Å². The average Bonchev–Trinajstić information content (AvgIpc) is 2.55. The maximum atomic E-state index is 5.39. The van der Waals surface area contributed by atoms with E-state index in [1.165, 1.54) is 5.56 Å². The molecule has 1 fully saturated rings. The standard InChI is InChI=1S/C18H24N4O/c1-13(2)15-4-6-16(7-5-15)20-17-12-14(3)19-18(21-17)22-8-10-23-11-9-22/h4-7,12-13H,8-11H2,1-3H3,(H,19,20,21). The van der Waals surface area contributed by atoms with Crippen molar-refractivity contribution in [1.82, 2.24) is 9.97 Å². The molecule has 0 radical (unpaired) electrons. The Morgan fingerprint density at radius 2 is 1.78 bits per heavy atom. The van der Waals surface area contributed by atoms with E-state index in [9.17, 15) is 0 Å². The van der Waals surface area contributed by atoms with Crippen molar-refractivity contribution < 1.29 is 4.74 Å². The van der Waals surface area contributed by atoms with Crippen molar-refractivity contribution in [3.05, 3.63) is 41.6 Å². The average molecular weight is 312 g/mol. The fourth-order valence-electron chi connectivity index (χ4n) is 2.62. The van der Waals surface area contributed by atoms with Gasteiger partial charge < -0.3 is 15.0 Å². The van der Waals surface area contributed by atoms with Gasteiger partial charge in [0.1, 0.15) is 5.82 Å². The molecule has 23 heavy (non-hydrogen) atoms. The van der Waals surface area contributed by atoms with Gasteiger partial charge in [0.15, 0.2) is 0 Å². The number of rotatable bonds is 4. The normalized spacial score (nSPS) is 15.0. The van der Waals surface area contributed by atoms with E-state index in [0.717, 1.165) is 49.5 Å². The van der Waals surface area contributed by atoms with Crippen molar-refractivity contribution in [3.63, 3.8) is 0 Å². The van der Waals surface area contributed by atoms with E-state index in [-0.39, 0.29) is 0 Å². The lowest BCUT2D eigenvalue weighted by molar-refractivity contribution is 0.122. The highest BCUT2D eigenvalue weighted by Gasteiger charge is 2.15. The predicted octanol–water partition coefficient (Wildman–Crippen LogP) is 3.49. The molecule has 0 aliphatic carbocycles. The first-order valence-electron chi connectivity index (χ1n) is 8.17. The number of aryl methyl sites for hydroxylation is 1. The van der Waals surface area contributed by atoms with Gasteiger partial charge in [-0.3, -0.25) is 0 Å². The number of anilines is 3. The van der Waals surface area contributed by atoms with Crippen molar-refractivity contribution in [3.8, 4) is 0 Å². The second-order valence-corrected chi connectivity index (χ2v) is 6.20. The summed E-state index contributed by atoms with van der Waals surface area (Å²) in [7, 11) is 0. The number of morpholine rings is 1. The largest absolute Gasteiger partial charge is 0.378 e. The number of hydrogen-bond donors (Lipinski definition) is 1. The van der Waals surface area contributed by atoms with Crippen LogP contribution in [0, 0.1) is 6.92 Å². The molecule has 1 N–H and O–H groups in total. The Labute approximate surface area is 137 Å². The zero-order valence-corrected chi connectivity index (χ0v) is 14.0. The molecule has 1 aliphatic heterocycles. The van der Waals surface area contributed by atoms with Gasteiger partial charge in [-0.05, 0) is 30.5 Å². The molecule has 3 rings (SSSR count). The molecule has 0 saturated carbocycles. The Balaban J connectivity index is 1.78. The lowest BCUT2D eigenvalue weighted by Gasteiger charge is -2.27. The quantitative estimate of drug-likeness (QED) is 0.936. The number of benzene rings is 1. The third-order valence-corrected chi connectivity index (χ3v) is 3.99. The van der Waals surface area contributed by atoms with Gasteiger partial charge in [0.2, 0.25) is 5.95 Å². The molecular weight excluding hydrogens is 288 g/mol. The van der Waals surface area contributed by atoms with E-state index < -0.39 is 0 Å². The second kappa shape index (κ2) is 6.96. The molecule has 1 aromatic carbocycles. The zero-order chi connectivity index (χ0) is 16.2. The molecule has 0 unspecified atom stereocenters. The monoisotopic (exact) mass is 312 g/mol. The van der Waals surface area contributed by atoms with Crippen LogP contribution < -0.4 is 10.2 Å². The molecule has 2 aromatic rings. The van der Waals surface area contributed by atoms with Crippen LogP contribution in [0.2, 0.25) is 0 Å². The first kappa shape index (κ1) is 15.7. The highest BCUT2D eigenvalue weighted by Crippen LogP contribution is 2.21. The number of nitrogens with zero attached hydrogens (tertiary/aromatic N) is 3. The number of ether oxygens (including phenoxy) is 1. The molecule has 0 amide bonds. The minimum absolute atomic E-state index is 0.540. The minimum Gasteiger partial charge on any atom is -0.378 e. The Morgan fingerprint density at radius 1 is 1.09 bits per heavy atom. The van der Waals surface area contributed by atoms with Crippen molar-refractivity contribution in [1.29, 1.82) is 0 Å². The summed E-state index contributed by atoms with van der Waals surface area (Å²) in [5.74, 6) is 2.14. The third kappa shape index (κ3) is 3.99. The summed E-state index contributed by atoms with van der Waals surface area (Å²) in [5, 5.41) is 3.38. The fourth-order valence-corrected chi connectivity index (χ4v) is 2.62. The van der Waals surface area contributed by atoms with Crippen molar-refractivity contribution >= 4 is 17.5 Å². The van der Waals surface area contributed by atoms with Gasteiger partial charge in [-0.15, -0.1) is 0 Å². The van der Waals surface area contributed by atoms with Crippen LogP contribution in [0.3, 0.4) is 0 Å². The number of hydrogen-bond acceptors (Lipinski definition) is 5. The van der Waals surface area contributed by atoms with E-state index in [2.05, 4.69) is 58.3 Å². The van der Waals surface area contributed by atoms with Gasteiger partial charge in [0, 0.05) is 30.5 Å². The first-order valence-corrected chi connectivity index (χ1v) is 8.17. The second-order valence-electron chi connectivity index (χ2n) is 6.20. The number of nitrogens with one attached hydrogen (secondary N) is 1. The van der Waals surface area contributed by atoms with Crippen LogP contribution in [-0.2, 0) is 4.74 Å². The molecule has 1 aliphatic rings. The number of aromatic nitrogens is 2. The summed E-state index contributed by atoms with van der Waals surface area (Å²) in [6, 6.07) is 10.5. The van der Waals surface area contributed by atoms with Crippen LogP contribution >= 0.6 is 0 Å². The SMILES string of the molecule is Cc1cc(Nc2ccc(C(C)C)cc2)nc(N2CCOCC2)n1. The fraction of sp³-hybridized carbons (Fsp3) is 0.444. The highest BCUT2D eigenvalue weighted by atomic mass is 16.5. The van der Waals surface area contributed by atoms with Crippen molar-refractivity contribution in [2.24, 2.45) is 0 Å². The van der Waals surface area contributed by atoms with E-state index in [4.69, 9.17) is 4.74 Å².